The van der Waals surface area contributed by atoms with Crippen LogP contribution in [0.25, 0.3) is 99.2 Å². The largest absolute Gasteiger partial charge is 0.458 e. The van der Waals surface area contributed by atoms with Crippen LogP contribution in [-0.2, 0) is 16.2 Å². The number of aryl methyl sites for hydroxylation is 6. The Labute approximate surface area is 735 Å². The zero-order chi connectivity index (χ0) is 85.5. The molecule has 6 aliphatic heterocycles. The number of anilines is 11. The van der Waals surface area contributed by atoms with E-state index in [-0.39, 0.29) is 36.4 Å². The topological polar surface area (TPSA) is 79.6 Å². The van der Waals surface area contributed by atoms with Gasteiger partial charge in [-0.25, -0.2) is 0 Å². The van der Waals surface area contributed by atoms with Crippen molar-refractivity contribution in [3.63, 3.8) is 0 Å². The van der Waals surface area contributed by atoms with E-state index < -0.39 is 0 Å². The van der Waals surface area contributed by atoms with Gasteiger partial charge >= 0.3 is 0 Å². The Balaban J connectivity index is 0.772. The highest BCUT2D eigenvalue weighted by molar-refractivity contribution is 7.04. The molecule has 1 N–H and O–H groups in total. The lowest BCUT2D eigenvalue weighted by molar-refractivity contribution is 0.487. The molecule has 0 fully saturated rings. The second-order valence-corrected chi connectivity index (χ2v) is 39.4. The maximum atomic E-state index is 8.19. The highest BCUT2D eigenvalue weighted by Crippen LogP contribution is 2.54. The zero-order valence-electron chi connectivity index (χ0n) is 73.6. The van der Waals surface area contributed by atoms with Crippen LogP contribution in [0.4, 0.5) is 62.6 Å². The molecule has 0 amide bonds. The molecule has 12 heteroatoms. The molecule has 0 unspecified atom stereocenters. The molecule has 0 spiro atoms. The van der Waals surface area contributed by atoms with Crippen LogP contribution in [-0.4, -0.2) is 20.1 Å². The number of para-hydroxylation sites is 9. The fraction of sp³-hybridized carbons (Fsp3) is 0.158. The smallest absolute Gasteiger partial charge is 0.256 e. The molecule has 25 rings (SSSR count). The monoisotopic (exact) mass is 1630 g/mol. The fourth-order valence-corrected chi connectivity index (χ4v) is 23.0. The number of hydrogen-bond acceptors (Lipinski definition) is 9. The first-order chi connectivity index (χ1) is 60.8. The van der Waals surface area contributed by atoms with Crippen LogP contribution in [0.5, 0.6) is 23.0 Å². The Hall–Kier alpha value is -14.1. The highest BCUT2D eigenvalue weighted by Gasteiger charge is 2.51. The Morgan fingerprint density at radius 1 is 0.262 bits per heavy atom. The van der Waals surface area contributed by atoms with Crippen LogP contribution in [0.3, 0.4) is 0 Å². The number of nitrogens with one attached hydrogen (secondary N) is 1. The molecule has 0 radical (unpaired) electrons. The number of ether oxygens (including phenoxy) is 2. The second-order valence-electron chi connectivity index (χ2n) is 39.4. The minimum Gasteiger partial charge on any atom is -0.458 e. The van der Waals surface area contributed by atoms with Crippen molar-refractivity contribution in [1.82, 2.24) is 0 Å². The number of nitrogens with zero attached hydrogens (tertiary/aromatic N) is 3. The molecule has 9 heterocycles. The predicted molar refractivity (Wildman–Crippen MR) is 530 cm³/mol. The molecular formula is C114H91B3N4O5. The van der Waals surface area contributed by atoms with E-state index in [0.717, 1.165) is 223 Å². The zero-order valence-corrected chi connectivity index (χ0v) is 73.6. The third-order valence-corrected chi connectivity index (χ3v) is 28.2. The molecule has 0 saturated heterocycles. The summed E-state index contributed by atoms with van der Waals surface area (Å²) < 4.78 is 37.7. The summed E-state index contributed by atoms with van der Waals surface area (Å²) in [5.74, 6) is 3.21. The van der Waals surface area contributed by atoms with Gasteiger partial charge in [0.25, 0.3) is 20.1 Å². The molecule has 19 aromatic rings. The number of furan rings is 3. The van der Waals surface area contributed by atoms with E-state index >= 15 is 0 Å². The summed E-state index contributed by atoms with van der Waals surface area (Å²) >= 11 is 0. The first kappa shape index (κ1) is 74.5. The van der Waals surface area contributed by atoms with E-state index in [9.17, 15) is 0 Å². The summed E-state index contributed by atoms with van der Waals surface area (Å²) in [4.78, 5) is 7.66. The fourth-order valence-electron chi connectivity index (χ4n) is 23.0. The lowest BCUT2D eigenvalue weighted by atomic mass is 9.29. The summed E-state index contributed by atoms with van der Waals surface area (Å²) in [6, 6.07) is 103. The van der Waals surface area contributed by atoms with Gasteiger partial charge in [-0.2, -0.15) is 0 Å². The molecule has 0 atom stereocenters. The number of hydrogen-bond donors (Lipinski definition) is 1. The SMILES string of the molecule is Cc1cc(C)c(N2c3cc4c(cc3B3c5cc6c(cc5Oc5cc(-c7cccc8c7oc7c(C(C)(C)C)cccc78)cc2c53)N(c2c(C)cc(C)cc2C)c2cc(-c3cccc5c3oc3c(C(C)(C)C)cccc35)cc3c2B6c2ccccc2O3)B2c3ccccc3N(c3ccccc3)c3cc(-c5cccc6c5oc5c(C(C)(C)C)cccc56)cc(c32)N4)c(C)c1. The van der Waals surface area contributed by atoms with Gasteiger partial charge in [-0.3, -0.25) is 0 Å². The van der Waals surface area contributed by atoms with Gasteiger partial charge in [0.1, 0.15) is 56.5 Å². The lowest BCUT2D eigenvalue weighted by Crippen LogP contribution is -2.65. The molecule has 0 aliphatic carbocycles. The maximum absolute atomic E-state index is 8.19. The van der Waals surface area contributed by atoms with Crippen LogP contribution in [0.1, 0.15) is 112 Å². The van der Waals surface area contributed by atoms with Gasteiger partial charge in [-0.15, -0.1) is 0 Å². The summed E-state index contributed by atoms with van der Waals surface area (Å²) in [5.41, 5.74) is 43.6. The maximum Gasteiger partial charge on any atom is 0.256 e. The Morgan fingerprint density at radius 2 is 0.651 bits per heavy atom. The highest BCUT2D eigenvalue weighted by atomic mass is 16.5. The lowest BCUT2D eigenvalue weighted by Gasteiger charge is -2.45. The van der Waals surface area contributed by atoms with Gasteiger partial charge in [-0.1, -0.05) is 274 Å². The van der Waals surface area contributed by atoms with Crippen molar-refractivity contribution in [2.75, 3.05) is 20.0 Å². The van der Waals surface area contributed by atoms with E-state index in [4.69, 9.17) is 22.7 Å². The molecule has 16 aromatic carbocycles. The summed E-state index contributed by atoms with van der Waals surface area (Å²) in [7, 11) is 0. The van der Waals surface area contributed by atoms with Crippen molar-refractivity contribution < 1.29 is 22.7 Å². The van der Waals surface area contributed by atoms with Gasteiger partial charge in [0, 0.05) is 123 Å². The molecule has 126 heavy (non-hydrogen) atoms. The van der Waals surface area contributed by atoms with Crippen LogP contribution in [0, 0.1) is 41.5 Å². The first-order valence-electron chi connectivity index (χ1n) is 44.5. The molecule has 606 valence electrons. The van der Waals surface area contributed by atoms with E-state index in [1.807, 2.05) is 0 Å². The van der Waals surface area contributed by atoms with Crippen LogP contribution in [0.15, 0.2) is 286 Å². The van der Waals surface area contributed by atoms with Gasteiger partial charge in [0.15, 0.2) is 0 Å². The first-order valence-corrected chi connectivity index (χ1v) is 44.5. The second kappa shape index (κ2) is 26.3. The van der Waals surface area contributed by atoms with Crippen molar-refractivity contribution in [3.8, 4) is 56.4 Å². The summed E-state index contributed by atoms with van der Waals surface area (Å²) in [6.45, 7) is 33.1. The quantitative estimate of drug-likeness (QED) is 0.164. The molecule has 3 aromatic heterocycles. The third kappa shape index (κ3) is 10.6. The molecule has 0 saturated carbocycles. The molecular weight excluding hydrogens is 1540 g/mol. The standard InChI is InChI=1S/C114H91B3N4O5/c1-61-47-63(3)104(64(4)48-61)120-92-59-89-85(115-83-43-19-21-45-91(83)119(70-29-17-16-18-30-70)94-52-67(51-90(118-89)101(94)115)71-31-23-34-74-77-37-26-40-80(112(7,8)9)109(77)124-106(71)74)57-86(92)117-88-58-87-93(60-98(88)123-100-56-69(54-96(120)103(100)117)73-33-25-36-76-79-39-28-42-82(114(13,14)15)111(79)126-108(73)76)121(105-65(5)49-62(2)50-66(105)6)95-53-68(55-99-102(95)116(87)84-44-20-22-46-97(84)122-99)72-32-24-35-75-78-38-27-41-81(113(10,11)12)110(78)125-107(72)75/h16-60,118H,1-15H3. The van der Waals surface area contributed by atoms with Crippen molar-refractivity contribution in [3.05, 3.63) is 323 Å². The van der Waals surface area contributed by atoms with Gasteiger partial charge in [0.2, 0.25) is 0 Å². The van der Waals surface area contributed by atoms with Crippen LogP contribution < -0.4 is 78.7 Å². The number of rotatable bonds is 6. The van der Waals surface area contributed by atoms with Crippen LogP contribution in [0.2, 0.25) is 0 Å². The van der Waals surface area contributed by atoms with Crippen molar-refractivity contribution in [2.45, 2.75) is 120 Å². The Morgan fingerprint density at radius 3 is 1.13 bits per heavy atom. The average Bonchev–Trinajstić information content (AvgIpc) is 0.789. The van der Waals surface area contributed by atoms with Gasteiger partial charge in [-0.05, 0) is 213 Å². The van der Waals surface area contributed by atoms with E-state index in [2.05, 4.69) is 397 Å². The number of benzene rings is 16. The average molecular weight is 1630 g/mol. The van der Waals surface area contributed by atoms with Crippen molar-refractivity contribution >= 4 is 198 Å². The van der Waals surface area contributed by atoms with E-state index in [1.165, 1.54) is 60.8 Å². The van der Waals surface area contributed by atoms with Gasteiger partial charge < -0.3 is 42.7 Å². The summed E-state index contributed by atoms with van der Waals surface area (Å²) in [5, 5.41) is 10.9. The minimum absolute atomic E-state index is 0.150. The third-order valence-electron chi connectivity index (χ3n) is 28.2. The van der Waals surface area contributed by atoms with Crippen LogP contribution >= 0.6 is 0 Å². The predicted octanol–water partition coefficient (Wildman–Crippen LogP) is 25.3. The molecule has 6 aliphatic rings. The van der Waals surface area contributed by atoms with Gasteiger partial charge in [0.05, 0.1) is 11.4 Å². The van der Waals surface area contributed by atoms with Crippen molar-refractivity contribution in [2.24, 2.45) is 0 Å². The summed E-state index contributed by atoms with van der Waals surface area (Å²) in [6.07, 6.45) is 0. The minimum atomic E-state index is -0.388. The molecule has 9 nitrogen and oxygen atoms in total. The van der Waals surface area contributed by atoms with Crippen molar-refractivity contribution in [1.29, 1.82) is 0 Å². The normalized spacial score (nSPS) is 13.9. The number of fused-ring (bicyclic) bond motifs is 21. The van der Waals surface area contributed by atoms with E-state index in [1.54, 1.807) is 0 Å². The Bertz CT molecular complexity index is 8040. The van der Waals surface area contributed by atoms with E-state index in [0.29, 0.717) is 0 Å². The Kier molecular flexibility index (Phi) is 15.5. The molecule has 0 bridgehead atoms.